The van der Waals surface area contributed by atoms with E-state index in [2.05, 4.69) is 31.2 Å². The summed E-state index contributed by atoms with van der Waals surface area (Å²) in [6, 6.07) is 8.50. The zero-order valence-electron chi connectivity index (χ0n) is 12.2. The van der Waals surface area contributed by atoms with E-state index in [1.807, 2.05) is 31.3 Å². The predicted octanol–water partition coefficient (Wildman–Crippen LogP) is 2.36. The molecule has 0 atom stereocenters. The standard InChI is InChI=1S/C16H19N5/c1-11-8-14(20-16(18-11)12-5-6-12)19-13-9-21(10-13)15-4-2-3-7-17-15/h2-4,7-8,12-13H,5-6,9-10H2,1H3,(H,18,19,20). The van der Waals surface area contributed by atoms with Crippen molar-refractivity contribution in [3.8, 4) is 0 Å². The summed E-state index contributed by atoms with van der Waals surface area (Å²) in [6.07, 6.45) is 4.31. The number of rotatable bonds is 4. The summed E-state index contributed by atoms with van der Waals surface area (Å²) in [5, 5.41) is 3.52. The highest BCUT2D eigenvalue weighted by Gasteiger charge is 2.29. The minimum atomic E-state index is 0.438. The summed E-state index contributed by atoms with van der Waals surface area (Å²) in [4.78, 5) is 15.8. The van der Waals surface area contributed by atoms with Crippen molar-refractivity contribution in [2.45, 2.75) is 31.7 Å². The number of nitrogens with one attached hydrogen (secondary N) is 1. The van der Waals surface area contributed by atoms with Crippen molar-refractivity contribution in [2.24, 2.45) is 0 Å². The second-order valence-corrected chi connectivity index (χ2v) is 5.96. The Morgan fingerprint density at radius 3 is 2.76 bits per heavy atom. The number of hydrogen-bond acceptors (Lipinski definition) is 5. The van der Waals surface area contributed by atoms with Crippen LogP contribution in [0.2, 0.25) is 0 Å². The lowest BCUT2D eigenvalue weighted by Crippen LogP contribution is -2.55. The third-order valence-corrected chi connectivity index (χ3v) is 4.02. The molecule has 1 aliphatic heterocycles. The summed E-state index contributed by atoms with van der Waals surface area (Å²) in [5.41, 5.74) is 1.05. The molecular weight excluding hydrogens is 262 g/mol. The van der Waals surface area contributed by atoms with Crippen LogP contribution in [-0.2, 0) is 0 Å². The van der Waals surface area contributed by atoms with Gasteiger partial charge in [0, 0.05) is 37.0 Å². The first-order valence-electron chi connectivity index (χ1n) is 7.56. The molecule has 0 aromatic carbocycles. The molecule has 1 N–H and O–H groups in total. The van der Waals surface area contributed by atoms with Gasteiger partial charge in [0.05, 0.1) is 6.04 Å². The normalized spacial score (nSPS) is 18.4. The molecule has 5 heteroatoms. The fourth-order valence-corrected chi connectivity index (χ4v) is 2.70. The molecular formula is C16H19N5. The first kappa shape index (κ1) is 12.6. The molecule has 3 heterocycles. The van der Waals surface area contributed by atoms with Crippen LogP contribution in [0.4, 0.5) is 11.6 Å². The van der Waals surface area contributed by atoms with E-state index in [4.69, 9.17) is 0 Å². The molecule has 1 aliphatic carbocycles. The Kier molecular flexibility index (Phi) is 2.98. The molecule has 2 aromatic heterocycles. The van der Waals surface area contributed by atoms with E-state index in [1.54, 1.807) is 0 Å². The smallest absolute Gasteiger partial charge is 0.134 e. The molecule has 2 fully saturated rings. The van der Waals surface area contributed by atoms with E-state index in [-0.39, 0.29) is 0 Å². The van der Waals surface area contributed by atoms with Gasteiger partial charge >= 0.3 is 0 Å². The highest BCUT2D eigenvalue weighted by atomic mass is 15.3. The van der Waals surface area contributed by atoms with Crippen LogP contribution in [0, 0.1) is 6.92 Å². The maximum atomic E-state index is 4.66. The average molecular weight is 281 g/mol. The highest BCUT2D eigenvalue weighted by molar-refractivity contribution is 5.46. The van der Waals surface area contributed by atoms with Gasteiger partial charge in [0.15, 0.2) is 0 Å². The van der Waals surface area contributed by atoms with Crippen molar-refractivity contribution >= 4 is 11.6 Å². The van der Waals surface area contributed by atoms with Gasteiger partial charge in [-0.3, -0.25) is 0 Å². The van der Waals surface area contributed by atoms with Gasteiger partial charge in [0.1, 0.15) is 17.5 Å². The van der Waals surface area contributed by atoms with Crippen molar-refractivity contribution in [1.29, 1.82) is 0 Å². The van der Waals surface area contributed by atoms with Crippen LogP contribution in [0.3, 0.4) is 0 Å². The average Bonchev–Trinajstić information content (AvgIpc) is 3.27. The van der Waals surface area contributed by atoms with E-state index in [1.165, 1.54) is 12.8 Å². The lowest BCUT2D eigenvalue weighted by Gasteiger charge is -2.40. The van der Waals surface area contributed by atoms with E-state index >= 15 is 0 Å². The largest absolute Gasteiger partial charge is 0.364 e. The summed E-state index contributed by atoms with van der Waals surface area (Å²) in [7, 11) is 0. The van der Waals surface area contributed by atoms with Gasteiger partial charge in [-0.05, 0) is 31.9 Å². The van der Waals surface area contributed by atoms with Gasteiger partial charge < -0.3 is 10.2 Å². The summed E-state index contributed by atoms with van der Waals surface area (Å²) >= 11 is 0. The monoisotopic (exact) mass is 281 g/mol. The molecule has 0 spiro atoms. The maximum Gasteiger partial charge on any atom is 0.134 e. The number of hydrogen-bond donors (Lipinski definition) is 1. The molecule has 2 aliphatic rings. The number of aryl methyl sites for hydroxylation is 1. The Balaban J connectivity index is 1.40. The summed E-state index contributed by atoms with van der Waals surface area (Å²) < 4.78 is 0. The van der Waals surface area contributed by atoms with Gasteiger partial charge in [0.2, 0.25) is 0 Å². The summed E-state index contributed by atoms with van der Waals surface area (Å²) in [6.45, 7) is 3.98. The first-order valence-corrected chi connectivity index (χ1v) is 7.56. The molecule has 108 valence electrons. The Labute approximate surface area is 124 Å². The lowest BCUT2D eigenvalue weighted by atomic mass is 10.1. The second kappa shape index (κ2) is 4.98. The zero-order valence-corrected chi connectivity index (χ0v) is 12.2. The summed E-state index contributed by atoms with van der Waals surface area (Å²) in [5.74, 6) is 3.62. The van der Waals surface area contributed by atoms with Gasteiger partial charge in [-0.1, -0.05) is 6.07 Å². The fraction of sp³-hybridized carbons (Fsp3) is 0.438. The van der Waals surface area contributed by atoms with Crippen LogP contribution in [0.25, 0.3) is 0 Å². The Bertz CT molecular complexity index is 632. The number of nitrogens with zero attached hydrogens (tertiary/aromatic N) is 4. The molecule has 0 unspecified atom stereocenters. The lowest BCUT2D eigenvalue weighted by molar-refractivity contribution is 0.543. The minimum Gasteiger partial charge on any atom is -0.364 e. The third kappa shape index (κ3) is 2.68. The van der Waals surface area contributed by atoms with E-state index in [0.29, 0.717) is 12.0 Å². The van der Waals surface area contributed by atoms with E-state index in [0.717, 1.165) is 36.2 Å². The van der Waals surface area contributed by atoms with Gasteiger partial charge in [-0.15, -0.1) is 0 Å². The van der Waals surface area contributed by atoms with Gasteiger partial charge in [-0.2, -0.15) is 0 Å². The zero-order chi connectivity index (χ0) is 14.2. The van der Waals surface area contributed by atoms with Crippen molar-refractivity contribution < 1.29 is 0 Å². The Hall–Kier alpha value is -2.17. The Morgan fingerprint density at radius 2 is 2.05 bits per heavy atom. The van der Waals surface area contributed by atoms with Crippen LogP contribution < -0.4 is 10.2 Å². The predicted molar refractivity (Wildman–Crippen MR) is 82.6 cm³/mol. The van der Waals surface area contributed by atoms with Crippen LogP contribution in [-0.4, -0.2) is 34.1 Å². The molecule has 0 amide bonds. The molecule has 0 bridgehead atoms. The third-order valence-electron chi connectivity index (χ3n) is 4.02. The van der Waals surface area contributed by atoms with Crippen molar-refractivity contribution in [2.75, 3.05) is 23.3 Å². The topological polar surface area (TPSA) is 53.9 Å². The SMILES string of the molecule is Cc1cc(NC2CN(c3ccccn3)C2)nc(C2CC2)n1. The number of aromatic nitrogens is 3. The van der Waals surface area contributed by atoms with E-state index in [9.17, 15) is 0 Å². The van der Waals surface area contributed by atoms with Gasteiger partial charge in [-0.25, -0.2) is 15.0 Å². The van der Waals surface area contributed by atoms with E-state index < -0.39 is 0 Å². The number of anilines is 2. The van der Waals surface area contributed by atoms with Crippen LogP contribution in [0.15, 0.2) is 30.5 Å². The molecule has 5 nitrogen and oxygen atoms in total. The second-order valence-electron chi connectivity index (χ2n) is 5.96. The minimum absolute atomic E-state index is 0.438. The van der Waals surface area contributed by atoms with Crippen molar-refractivity contribution in [1.82, 2.24) is 15.0 Å². The molecule has 21 heavy (non-hydrogen) atoms. The molecule has 2 aromatic rings. The van der Waals surface area contributed by atoms with Crippen LogP contribution in [0.5, 0.6) is 0 Å². The first-order chi connectivity index (χ1) is 10.3. The molecule has 1 saturated heterocycles. The number of pyridine rings is 1. The van der Waals surface area contributed by atoms with Crippen LogP contribution in [0.1, 0.15) is 30.3 Å². The highest BCUT2D eigenvalue weighted by Crippen LogP contribution is 2.38. The van der Waals surface area contributed by atoms with Crippen molar-refractivity contribution in [3.63, 3.8) is 0 Å². The van der Waals surface area contributed by atoms with Gasteiger partial charge in [0.25, 0.3) is 0 Å². The Morgan fingerprint density at radius 1 is 1.19 bits per heavy atom. The molecule has 4 rings (SSSR count). The molecule has 0 radical (unpaired) electrons. The van der Waals surface area contributed by atoms with Crippen molar-refractivity contribution in [3.05, 3.63) is 42.0 Å². The molecule has 1 saturated carbocycles. The maximum absolute atomic E-state index is 4.66. The fourth-order valence-electron chi connectivity index (χ4n) is 2.70. The quantitative estimate of drug-likeness (QED) is 0.932. The van der Waals surface area contributed by atoms with Crippen LogP contribution >= 0.6 is 0 Å².